The Morgan fingerprint density at radius 2 is 1.62 bits per heavy atom. The van der Waals surface area contributed by atoms with Gasteiger partial charge >= 0.3 is 0 Å². The quantitative estimate of drug-likeness (QED) is 0.291. The third-order valence-electron chi connectivity index (χ3n) is 3.94. The summed E-state index contributed by atoms with van der Waals surface area (Å²) in [5, 5.41) is 3.79. The summed E-state index contributed by atoms with van der Waals surface area (Å²) < 4.78 is 11.9. The molecule has 0 aliphatic rings. The molecule has 2 nitrogen and oxygen atoms in total. The minimum atomic E-state index is 0.624. The zero-order valence-electron chi connectivity index (χ0n) is 14.3. The highest BCUT2D eigenvalue weighted by molar-refractivity contribution is 9.09. The van der Waals surface area contributed by atoms with E-state index in [1.165, 1.54) is 19.3 Å². The molecule has 0 atom stereocenters. The zero-order chi connectivity index (χ0) is 17.2. The molecule has 2 aromatic rings. The highest BCUT2D eigenvalue weighted by Crippen LogP contribution is 2.39. The molecule has 0 aliphatic carbocycles. The van der Waals surface area contributed by atoms with Gasteiger partial charge in [0, 0.05) is 22.2 Å². The van der Waals surface area contributed by atoms with Gasteiger partial charge in [0.25, 0.3) is 0 Å². The van der Waals surface area contributed by atoms with Crippen LogP contribution in [0.4, 0.5) is 0 Å². The predicted octanol–water partition coefficient (Wildman–Crippen LogP) is 7.01. The van der Waals surface area contributed by atoms with Crippen LogP contribution in [0.5, 0.6) is 11.5 Å². The van der Waals surface area contributed by atoms with Gasteiger partial charge in [-0.25, -0.2) is 0 Å². The molecule has 0 N–H and O–H groups in total. The van der Waals surface area contributed by atoms with Crippen molar-refractivity contribution in [2.24, 2.45) is 0 Å². The molecule has 0 aromatic heterocycles. The van der Waals surface area contributed by atoms with Gasteiger partial charge in [-0.15, -0.1) is 0 Å². The molecule has 0 unspecified atom stereocenters. The summed E-state index contributed by atoms with van der Waals surface area (Å²) in [5.41, 5.74) is 0. The maximum atomic E-state index is 6.46. The normalized spacial score (nSPS) is 11.0. The van der Waals surface area contributed by atoms with E-state index in [1.807, 2.05) is 24.3 Å². The molecule has 0 fully saturated rings. The lowest BCUT2D eigenvalue weighted by Gasteiger charge is -2.15. The number of alkyl halides is 1. The van der Waals surface area contributed by atoms with Crippen molar-refractivity contribution in [3.05, 3.63) is 35.4 Å². The topological polar surface area (TPSA) is 18.5 Å². The standard InChI is InChI=1S/C20H26BrClO2/c1-2-3-13-24-20-17-11-7-6-10-16(17)19(15-18(20)22)23-14-9-5-4-8-12-21/h6-7,10-11,15H,2-5,8-9,12-14H2,1H3. The summed E-state index contributed by atoms with van der Waals surface area (Å²) in [6, 6.07) is 10.0. The van der Waals surface area contributed by atoms with Gasteiger partial charge in [-0.1, -0.05) is 78.0 Å². The Hall–Kier alpha value is -0.930. The summed E-state index contributed by atoms with van der Waals surface area (Å²) in [6.07, 6.45) is 6.84. The minimum Gasteiger partial charge on any atom is -0.493 e. The number of ether oxygens (including phenoxy) is 2. The Balaban J connectivity index is 2.09. The van der Waals surface area contributed by atoms with E-state index in [0.717, 1.165) is 53.5 Å². The monoisotopic (exact) mass is 412 g/mol. The number of halogens is 2. The molecule has 0 heterocycles. The third-order valence-corrected chi connectivity index (χ3v) is 4.78. The molecule has 0 saturated heterocycles. The van der Waals surface area contributed by atoms with Gasteiger partial charge in [-0.3, -0.25) is 0 Å². The first-order chi connectivity index (χ1) is 11.8. The molecule has 2 aromatic carbocycles. The Kier molecular flexibility index (Phi) is 8.76. The summed E-state index contributed by atoms with van der Waals surface area (Å²) in [4.78, 5) is 0. The van der Waals surface area contributed by atoms with Crippen LogP contribution in [0.25, 0.3) is 10.8 Å². The van der Waals surface area contributed by atoms with Crippen molar-refractivity contribution in [2.75, 3.05) is 18.5 Å². The fourth-order valence-electron chi connectivity index (χ4n) is 2.60. The van der Waals surface area contributed by atoms with Crippen LogP contribution in [0.15, 0.2) is 30.3 Å². The zero-order valence-corrected chi connectivity index (χ0v) is 16.7. The molecule has 0 amide bonds. The molecule has 132 valence electrons. The molecule has 4 heteroatoms. The van der Waals surface area contributed by atoms with Gasteiger partial charge in [0.2, 0.25) is 0 Å². The van der Waals surface area contributed by atoms with Gasteiger partial charge in [0.05, 0.1) is 18.2 Å². The number of rotatable bonds is 11. The van der Waals surface area contributed by atoms with Crippen LogP contribution in [0, 0.1) is 0 Å². The second kappa shape index (κ2) is 10.8. The van der Waals surface area contributed by atoms with Crippen LogP contribution in [0.1, 0.15) is 45.4 Å². The number of unbranched alkanes of at least 4 members (excludes halogenated alkanes) is 4. The third kappa shape index (κ3) is 5.56. The van der Waals surface area contributed by atoms with Crippen molar-refractivity contribution < 1.29 is 9.47 Å². The fourth-order valence-corrected chi connectivity index (χ4v) is 3.25. The highest BCUT2D eigenvalue weighted by atomic mass is 79.9. The van der Waals surface area contributed by atoms with Crippen LogP contribution in [-0.2, 0) is 0 Å². The summed E-state index contributed by atoms with van der Waals surface area (Å²) in [7, 11) is 0. The Bertz CT molecular complexity index is 630. The van der Waals surface area contributed by atoms with E-state index in [2.05, 4.69) is 28.9 Å². The molecule has 0 radical (unpaired) electrons. The summed E-state index contributed by atoms with van der Waals surface area (Å²) >= 11 is 9.92. The van der Waals surface area contributed by atoms with E-state index in [0.29, 0.717) is 11.6 Å². The molecule has 0 aliphatic heterocycles. The SMILES string of the molecule is CCCCOc1c(Cl)cc(OCCCCCCBr)c2ccccc12. The number of benzene rings is 2. The molecular formula is C20H26BrClO2. The smallest absolute Gasteiger partial charge is 0.145 e. The minimum absolute atomic E-state index is 0.624. The van der Waals surface area contributed by atoms with E-state index < -0.39 is 0 Å². The van der Waals surface area contributed by atoms with Crippen molar-refractivity contribution in [1.29, 1.82) is 0 Å². The number of fused-ring (bicyclic) bond motifs is 1. The van der Waals surface area contributed by atoms with Crippen molar-refractivity contribution >= 4 is 38.3 Å². The van der Waals surface area contributed by atoms with E-state index in [-0.39, 0.29) is 0 Å². The van der Waals surface area contributed by atoms with Gasteiger partial charge in [0.1, 0.15) is 11.5 Å². The molecular weight excluding hydrogens is 388 g/mol. The first kappa shape index (κ1) is 19.4. The predicted molar refractivity (Wildman–Crippen MR) is 107 cm³/mol. The molecule has 2 rings (SSSR count). The van der Waals surface area contributed by atoms with Crippen LogP contribution < -0.4 is 9.47 Å². The van der Waals surface area contributed by atoms with Gasteiger partial charge in [-0.05, 0) is 19.3 Å². The van der Waals surface area contributed by atoms with Crippen LogP contribution in [0.3, 0.4) is 0 Å². The highest BCUT2D eigenvalue weighted by Gasteiger charge is 2.13. The molecule has 24 heavy (non-hydrogen) atoms. The molecule has 0 saturated carbocycles. The van der Waals surface area contributed by atoms with Crippen LogP contribution in [0.2, 0.25) is 5.02 Å². The largest absolute Gasteiger partial charge is 0.493 e. The van der Waals surface area contributed by atoms with Crippen molar-refractivity contribution in [3.63, 3.8) is 0 Å². The van der Waals surface area contributed by atoms with Gasteiger partial charge in [-0.2, -0.15) is 0 Å². The van der Waals surface area contributed by atoms with E-state index >= 15 is 0 Å². The van der Waals surface area contributed by atoms with E-state index in [4.69, 9.17) is 21.1 Å². The Morgan fingerprint density at radius 3 is 2.38 bits per heavy atom. The average molecular weight is 414 g/mol. The maximum absolute atomic E-state index is 6.46. The second-order valence-corrected chi connectivity index (χ2v) is 7.09. The van der Waals surface area contributed by atoms with Crippen LogP contribution in [-0.4, -0.2) is 18.5 Å². The summed E-state index contributed by atoms with van der Waals surface area (Å²) in [5.74, 6) is 1.62. The maximum Gasteiger partial charge on any atom is 0.145 e. The Morgan fingerprint density at radius 1 is 0.917 bits per heavy atom. The first-order valence-electron chi connectivity index (χ1n) is 8.80. The number of hydrogen-bond donors (Lipinski definition) is 0. The van der Waals surface area contributed by atoms with Crippen molar-refractivity contribution in [2.45, 2.75) is 45.4 Å². The van der Waals surface area contributed by atoms with E-state index in [1.54, 1.807) is 0 Å². The fraction of sp³-hybridized carbons (Fsp3) is 0.500. The lowest BCUT2D eigenvalue weighted by Crippen LogP contribution is -2.01. The lowest BCUT2D eigenvalue weighted by molar-refractivity contribution is 0.304. The first-order valence-corrected chi connectivity index (χ1v) is 10.3. The van der Waals surface area contributed by atoms with E-state index in [9.17, 15) is 0 Å². The molecule has 0 spiro atoms. The van der Waals surface area contributed by atoms with Crippen molar-refractivity contribution in [1.82, 2.24) is 0 Å². The Labute approximate surface area is 158 Å². The second-order valence-electron chi connectivity index (χ2n) is 5.88. The van der Waals surface area contributed by atoms with Gasteiger partial charge < -0.3 is 9.47 Å². The van der Waals surface area contributed by atoms with Gasteiger partial charge in [0.15, 0.2) is 0 Å². The number of hydrogen-bond acceptors (Lipinski definition) is 2. The summed E-state index contributed by atoms with van der Waals surface area (Å²) in [6.45, 7) is 3.56. The van der Waals surface area contributed by atoms with Crippen LogP contribution >= 0.6 is 27.5 Å². The van der Waals surface area contributed by atoms with Crippen molar-refractivity contribution in [3.8, 4) is 11.5 Å². The lowest BCUT2D eigenvalue weighted by atomic mass is 10.1. The average Bonchev–Trinajstić information content (AvgIpc) is 2.60. The molecule has 0 bridgehead atoms.